The number of hydrogen-bond donors (Lipinski definition) is 4. The molecule has 0 radical (unpaired) electrons. The maximum atomic E-state index is 12.8. The number of aliphatic hydroxyl groups excluding tert-OH is 3. The van der Waals surface area contributed by atoms with E-state index < -0.39 is 71.2 Å². The van der Waals surface area contributed by atoms with Gasteiger partial charge in [0, 0.05) is 12.8 Å². The number of rotatable bonds is 35. The third-order valence-corrected chi connectivity index (χ3v) is 10.5. The van der Waals surface area contributed by atoms with E-state index in [4.69, 9.17) is 18.9 Å². The molecule has 0 aromatic heterocycles. The predicted molar refractivity (Wildman–Crippen MR) is 219 cm³/mol. The molecule has 1 rings (SSSR count). The van der Waals surface area contributed by atoms with E-state index in [1.807, 2.05) is 0 Å². The van der Waals surface area contributed by atoms with Crippen molar-refractivity contribution < 1.29 is 56.8 Å². The first kappa shape index (κ1) is 51.9. The van der Waals surface area contributed by atoms with E-state index in [0.717, 1.165) is 70.6 Å². The summed E-state index contributed by atoms with van der Waals surface area (Å²) in [6.45, 7) is 3.62. The van der Waals surface area contributed by atoms with Crippen LogP contribution in [0.15, 0.2) is 36.5 Å². The number of allylic oxidation sites excluding steroid dienone is 6. The maximum Gasteiger partial charge on any atom is 0.306 e. The highest BCUT2D eigenvalue weighted by molar-refractivity contribution is 7.85. The van der Waals surface area contributed by atoms with Gasteiger partial charge in [0.15, 0.2) is 12.4 Å². The molecule has 0 bridgehead atoms. The lowest BCUT2D eigenvalue weighted by atomic mass is 10.00. The topological polar surface area (TPSA) is 186 Å². The molecule has 0 aromatic rings. The Labute approximate surface area is 338 Å². The van der Waals surface area contributed by atoms with E-state index in [0.29, 0.717) is 12.8 Å². The maximum absolute atomic E-state index is 12.8. The van der Waals surface area contributed by atoms with Crippen LogP contribution in [-0.4, -0.2) is 96.0 Å². The van der Waals surface area contributed by atoms with Gasteiger partial charge in [0.05, 0.1) is 6.61 Å². The fraction of sp³-hybridized carbons (Fsp3) is 0.814. The van der Waals surface area contributed by atoms with Crippen LogP contribution in [0.1, 0.15) is 168 Å². The lowest BCUT2D eigenvalue weighted by molar-refractivity contribution is -0.297. The van der Waals surface area contributed by atoms with Gasteiger partial charge < -0.3 is 34.3 Å². The molecule has 13 heteroatoms. The zero-order valence-electron chi connectivity index (χ0n) is 34.5. The molecule has 0 aliphatic carbocycles. The lowest BCUT2D eigenvalue weighted by Crippen LogP contribution is -2.60. The Balaban J connectivity index is 2.48. The van der Waals surface area contributed by atoms with Crippen molar-refractivity contribution in [1.82, 2.24) is 0 Å². The predicted octanol–water partition coefficient (Wildman–Crippen LogP) is 8.22. The highest BCUT2D eigenvalue weighted by Crippen LogP contribution is 2.24. The molecule has 0 saturated carbocycles. The first-order valence-electron chi connectivity index (χ1n) is 21.5. The van der Waals surface area contributed by atoms with Gasteiger partial charge in [0.1, 0.15) is 36.8 Å². The van der Waals surface area contributed by atoms with Crippen LogP contribution in [0.5, 0.6) is 0 Å². The largest absolute Gasteiger partial charge is 0.462 e. The van der Waals surface area contributed by atoms with E-state index in [9.17, 15) is 37.9 Å². The average Bonchev–Trinajstić information content (AvgIpc) is 3.16. The van der Waals surface area contributed by atoms with Crippen molar-refractivity contribution in [3.63, 3.8) is 0 Å². The zero-order valence-corrected chi connectivity index (χ0v) is 35.3. The van der Waals surface area contributed by atoms with Gasteiger partial charge in [-0.05, 0) is 44.9 Å². The molecule has 0 spiro atoms. The molecule has 1 aliphatic heterocycles. The molecule has 6 unspecified atom stereocenters. The van der Waals surface area contributed by atoms with Crippen molar-refractivity contribution in [1.29, 1.82) is 0 Å². The number of esters is 2. The molecule has 1 aliphatic rings. The minimum atomic E-state index is -4.60. The van der Waals surface area contributed by atoms with E-state index >= 15 is 0 Å². The lowest BCUT2D eigenvalue weighted by Gasteiger charge is -2.40. The summed E-state index contributed by atoms with van der Waals surface area (Å²) < 4.78 is 54.0. The monoisotopic (exact) mass is 817 g/mol. The third-order valence-electron chi connectivity index (χ3n) is 9.73. The van der Waals surface area contributed by atoms with Crippen LogP contribution >= 0.6 is 0 Å². The summed E-state index contributed by atoms with van der Waals surface area (Å²) in [7, 11) is -4.60. The van der Waals surface area contributed by atoms with Gasteiger partial charge in [0.2, 0.25) is 0 Å². The Morgan fingerprint density at radius 3 is 1.68 bits per heavy atom. The normalized spacial score (nSPS) is 21.0. The second-order valence-corrected chi connectivity index (χ2v) is 16.5. The molecule has 326 valence electrons. The van der Waals surface area contributed by atoms with Gasteiger partial charge in [-0.1, -0.05) is 147 Å². The Bertz CT molecular complexity index is 1190. The molecule has 1 heterocycles. The number of unbranched alkanes of at least 4 members (excludes halogenated alkanes) is 17. The third kappa shape index (κ3) is 28.3. The summed E-state index contributed by atoms with van der Waals surface area (Å²) in [6, 6.07) is 0. The number of carbonyl (C=O) groups is 2. The van der Waals surface area contributed by atoms with E-state index in [-0.39, 0.29) is 19.4 Å². The number of ether oxygens (including phenoxy) is 4. The first-order chi connectivity index (χ1) is 27.0. The van der Waals surface area contributed by atoms with Crippen LogP contribution in [0.4, 0.5) is 0 Å². The molecular formula is C43H76O12S. The van der Waals surface area contributed by atoms with Crippen LogP contribution in [0.25, 0.3) is 0 Å². The Morgan fingerprint density at radius 1 is 0.625 bits per heavy atom. The van der Waals surface area contributed by atoms with Gasteiger partial charge >= 0.3 is 11.9 Å². The van der Waals surface area contributed by atoms with Crippen molar-refractivity contribution in [3.8, 4) is 0 Å². The van der Waals surface area contributed by atoms with Crippen LogP contribution in [0, 0.1) is 0 Å². The molecule has 6 atom stereocenters. The summed E-state index contributed by atoms with van der Waals surface area (Å²) >= 11 is 0. The SMILES string of the molecule is CC/C=C/C/C=C/C/C=C/CCCCCCCC(=O)OCC(COC1OC(CS(=O)(=O)O)C(O)C(O)C1O)OC(=O)CCCCCCCCCCCCCCC. The van der Waals surface area contributed by atoms with Gasteiger partial charge in [0.25, 0.3) is 10.1 Å². The summed E-state index contributed by atoms with van der Waals surface area (Å²) in [4.78, 5) is 25.3. The van der Waals surface area contributed by atoms with Crippen molar-refractivity contribution in [2.24, 2.45) is 0 Å². The quantitative estimate of drug-likeness (QED) is 0.0208. The van der Waals surface area contributed by atoms with E-state index in [1.165, 1.54) is 57.8 Å². The number of carbonyl (C=O) groups excluding carboxylic acids is 2. The van der Waals surface area contributed by atoms with Crippen LogP contribution < -0.4 is 0 Å². The molecule has 1 saturated heterocycles. The zero-order chi connectivity index (χ0) is 41.3. The molecule has 0 amide bonds. The molecule has 1 fully saturated rings. The highest BCUT2D eigenvalue weighted by Gasteiger charge is 2.46. The fourth-order valence-corrected chi connectivity index (χ4v) is 7.09. The molecular weight excluding hydrogens is 741 g/mol. The van der Waals surface area contributed by atoms with Crippen molar-refractivity contribution in [2.75, 3.05) is 19.0 Å². The van der Waals surface area contributed by atoms with Crippen LogP contribution in [0.2, 0.25) is 0 Å². The minimum Gasteiger partial charge on any atom is -0.462 e. The van der Waals surface area contributed by atoms with Gasteiger partial charge in [-0.15, -0.1) is 0 Å². The minimum absolute atomic E-state index is 0.163. The second-order valence-electron chi connectivity index (χ2n) is 15.0. The van der Waals surface area contributed by atoms with Gasteiger partial charge in [-0.3, -0.25) is 14.1 Å². The summed E-state index contributed by atoms with van der Waals surface area (Å²) in [6.07, 6.45) is 27.6. The standard InChI is InChI=1S/C43H76O12S/c1-3-5-7-9-11-13-15-17-18-20-21-23-25-27-29-31-38(44)52-33-36(34-53-43-42(48)41(47)40(46)37(55-43)35-56(49,50)51)54-39(45)32-30-28-26-24-22-19-16-14-12-10-8-6-4-2/h5,7,11,13,17-18,36-37,40-43,46-48H,3-4,6,8-10,12,14-16,19-35H2,1-2H3,(H,49,50,51)/b7-5+,13-11+,18-17+. The molecule has 0 aromatic carbocycles. The van der Waals surface area contributed by atoms with Crippen molar-refractivity contribution in [3.05, 3.63) is 36.5 Å². The van der Waals surface area contributed by atoms with E-state index in [1.54, 1.807) is 0 Å². The summed E-state index contributed by atoms with van der Waals surface area (Å²) in [5, 5.41) is 30.8. The van der Waals surface area contributed by atoms with Gasteiger partial charge in [-0.25, -0.2) is 0 Å². The van der Waals surface area contributed by atoms with Gasteiger partial charge in [-0.2, -0.15) is 8.42 Å². The summed E-state index contributed by atoms with van der Waals surface area (Å²) in [5.41, 5.74) is 0. The highest BCUT2D eigenvalue weighted by atomic mass is 32.2. The smallest absolute Gasteiger partial charge is 0.306 e. The second kappa shape index (κ2) is 33.8. The average molecular weight is 817 g/mol. The van der Waals surface area contributed by atoms with Crippen molar-refractivity contribution in [2.45, 2.75) is 205 Å². The number of aliphatic hydroxyl groups is 3. The number of hydrogen-bond acceptors (Lipinski definition) is 11. The Morgan fingerprint density at radius 2 is 1.12 bits per heavy atom. The summed E-state index contributed by atoms with van der Waals surface area (Å²) in [5.74, 6) is -2.00. The van der Waals surface area contributed by atoms with Crippen LogP contribution in [0.3, 0.4) is 0 Å². The Kier molecular flexibility index (Phi) is 31.3. The fourth-order valence-electron chi connectivity index (χ4n) is 6.40. The van der Waals surface area contributed by atoms with E-state index in [2.05, 4.69) is 50.3 Å². The molecule has 56 heavy (non-hydrogen) atoms. The molecule has 12 nitrogen and oxygen atoms in total. The molecule has 4 N–H and O–H groups in total. The van der Waals surface area contributed by atoms with Crippen LogP contribution in [-0.2, 0) is 38.7 Å². The van der Waals surface area contributed by atoms with Crippen molar-refractivity contribution >= 4 is 22.1 Å². The Hall–Kier alpha value is -2.13. The first-order valence-corrected chi connectivity index (χ1v) is 23.2.